The molecule has 0 aromatic heterocycles. The van der Waals surface area contributed by atoms with Crippen LogP contribution in [0.2, 0.25) is 0 Å². The Morgan fingerprint density at radius 2 is 2.25 bits per heavy atom. The lowest BCUT2D eigenvalue weighted by Gasteiger charge is -1.92. The van der Waals surface area contributed by atoms with Crippen LogP contribution in [0.1, 0.15) is 6.92 Å². The van der Waals surface area contributed by atoms with Crippen molar-refractivity contribution in [3.05, 3.63) is 0 Å². The van der Waals surface area contributed by atoms with E-state index in [2.05, 4.69) is 15.5 Å². The van der Waals surface area contributed by atoms with E-state index in [-0.39, 0.29) is 6.15 Å². The fourth-order valence-corrected chi connectivity index (χ4v) is 0.117. The van der Waals surface area contributed by atoms with Gasteiger partial charge in [0.25, 0.3) is 0 Å². The molecule has 0 rings (SSSR count). The van der Waals surface area contributed by atoms with E-state index in [0.29, 0.717) is 6.61 Å². The van der Waals surface area contributed by atoms with Gasteiger partial charge in [0.1, 0.15) is 0 Å². The van der Waals surface area contributed by atoms with E-state index < -0.39 is 6.09 Å². The molecule has 0 radical (unpaired) electrons. The molecule has 0 bridgehead atoms. The molecule has 0 aliphatic carbocycles. The van der Waals surface area contributed by atoms with Crippen LogP contribution in [0.15, 0.2) is 0 Å². The first kappa shape index (κ1) is 10.2. The summed E-state index contributed by atoms with van der Waals surface area (Å²) in [7, 11) is 0. The molecule has 5 nitrogen and oxygen atoms in total. The summed E-state index contributed by atoms with van der Waals surface area (Å²) in [6, 6.07) is 0. The molecule has 8 heavy (non-hydrogen) atoms. The monoisotopic (exact) mass is 122 g/mol. The minimum absolute atomic E-state index is 0. The summed E-state index contributed by atoms with van der Waals surface area (Å²) in [5.41, 5.74) is 4.49. The van der Waals surface area contributed by atoms with Gasteiger partial charge in [0.15, 0.2) is 0 Å². The molecule has 0 heterocycles. The zero-order valence-electron chi connectivity index (χ0n) is 4.72. The lowest BCUT2D eigenvalue weighted by Crippen LogP contribution is -2.12. The Hall–Kier alpha value is -0.810. The van der Waals surface area contributed by atoms with Gasteiger partial charge in [0.05, 0.1) is 6.61 Å². The van der Waals surface area contributed by atoms with Gasteiger partial charge in [-0.3, -0.25) is 4.89 Å². The molecule has 0 fully saturated rings. The molecular formula is C3H10N2O3. The summed E-state index contributed by atoms with van der Waals surface area (Å²) in [5.74, 6) is 0. The summed E-state index contributed by atoms with van der Waals surface area (Å²) in [6.07, 6.45) is -0.915. The zero-order valence-corrected chi connectivity index (χ0v) is 4.72. The van der Waals surface area contributed by atoms with Gasteiger partial charge in [-0.1, -0.05) is 0 Å². The van der Waals surface area contributed by atoms with E-state index >= 15 is 0 Å². The van der Waals surface area contributed by atoms with Crippen LogP contribution in [-0.4, -0.2) is 12.7 Å². The molecule has 1 amide bonds. The highest BCUT2D eigenvalue weighted by Crippen LogP contribution is 1.73. The van der Waals surface area contributed by atoms with Crippen LogP contribution in [-0.2, 0) is 9.78 Å². The first-order valence-corrected chi connectivity index (χ1v) is 1.86. The lowest BCUT2D eigenvalue weighted by molar-refractivity contribution is -0.232. The molecule has 0 saturated carbocycles. The molecule has 5 heteroatoms. The molecule has 0 atom stereocenters. The highest BCUT2D eigenvalue weighted by molar-refractivity contribution is 5.63. The Kier molecular flexibility index (Phi) is 7.91. The molecule has 0 spiro atoms. The number of carbonyl (C=O) groups excluding carboxylic acids is 1. The Morgan fingerprint density at radius 1 is 1.75 bits per heavy atom. The largest absolute Gasteiger partial charge is 0.436 e. The van der Waals surface area contributed by atoms with Crippen molar-refractivity contribution in [3.63, 3.8) is 0 Å². The molecule has 0 aliphatic rings. The Bertz CT molecular complexity index is 65.5. The topological polar surface area (TPSA) is 96.6 Å². The standard InChI is InChI=1S/C3H7NO3.H3N/c1-2-6-7-3(4)5;/h2H2,1H3,(H2,4,5);1H3. The first-order valence-electron chi connectivity index (χ1n) is 1.86. The minimum Gasteiger partial charge on any atom is -0.344 e. The second-order valence-corrected chi connectivity index (χ2v) is 0.809. The predicted octanol–water partition coefficient (Wildman–Crippen LogP) is 0.195. The summed E-state index contributed by atoms with van der Waals surface area (Å²) >= 11 is 0. The van der Waals surface area contributed by atoms with Crippen molar-refractivity contribution in [3.8, 4) is 0 Å². The fraction of sp³-hybridized carbons (Fsp3) is 0.667. The number of rotatable bonds is 2. The third-order valence-corrected chi connectivity index (χ3v) is 0.259. The maximum atomic E-state index is 9.63. The van der Waals surface area contributed by atoms with Crippen molar-refractivity contribution in [1.29, 1.82) is 0 Å². The van der Waals surface area contributed by atoms with Gasteiger partial charge < -0.3 is 11.9 Å². The molecule has 50 valence electrons. The third kappa shape index (κ3) is 8.95. The van der Waals surface area contributed by atoms with Crippen LogP contribution in [0.25, 0.3) is 0 Å². The van der Waals surface area contributed by atoms with Gasteiger partial charge in [0.2, 0.25) is 0 Å². The van der Waals surface area contributed by atoms with E-state index in [4.69, 9.17) is 0 Å². The second-order valence-electron chi connectivity index (χ2n) is 0.809. The lowest BCUT2D eigenvalue weighted by atomic mass is 10.9. The maximum absolute atomic E-state index is 9.63. The van der Waals surface area contributed by atoms with Crippen molar-refractivity contribution in [1.82, 2.24) is 6.15 Å². The molecule has 0 aliphatic heterocycles. The first-order chi connectivity index (χ1) is 3.27. The summed E-state index contributed by atoms with van der Waals surface area (Å²) in [6.45, 7) is 2.01. The SMILES string of the molecule is CCOOC(N)=O.N. The molecule has 0 unspecified atom stereocenters. The van der Waals surface area contributed by atoms with Crippen molar-refractivity contribution in [2.24, 2.45) is 5.73 Å². The van der Waals surface area contributed by atoms with Crippen LogP contribution in [0.3, 0.4) is 0 Å². The van der Waals surface area contributed by atoms with Gasteiger partial charge in [-0.25, -0.2) is 4.79 Å². The Labute approximate surface area is 47.3 Å². The zero-order chi connectivity index (χ0) is 5.70. The Morgan fingerprint density at radius 3 is 2.38 bits per heavy atom. The van der Waals surface area contributed by atoms with E-state index in [0.717, 1.165) is 0 Å². The van der Waals surface area contributed by atoms with Crippen molar-refractivity contribution < 1.29 is 14.6 Å². The van der Waals surface area contributed by atoms with Gasteiger partial charge in [-0.2, -0.15) is 4.89 Å². The quantitative estimate of drug-likeness (QED) is 0.403. The predicted molar refractivity (Wildman–Crippen MR) is 27.3 cm³/mol. The normalized spacial score (nSPS) is 7.12. The second kappa shape index (κ2) is 6.19. The van der Waals surface area contributed by atoms with Crippen LogP contribution in [0.4, 0.5) is 4.79 Å². The average Bonchev–Trinajstić information content (AvgIpc) is 1.61. The van der Waals surface area contributed by atoms with Crippen LogP contribution >= 0.6 is 0 Å². The van der Waals surface area contributed by atoms with E-state index in [1.165, 1.54) is 0 Å². The molecule has 0 aromatic carbocycles. The summed E-state index contributed by atoms with van der Waals surface area (Å²) < 4.78 is 0. The third-order valence-electron chi connectivity index (χ3n) is 0.259. The molecule has 0 aromatic rings. The Balaban J connectivity index is 0. The van der Waals surface area contributed by atoms with E-state index in [9.17, 15) is 4.79 Å². The molecular weight excluding hydrogens is 112 g/mol. The summed E-state index contributed by atoms with van der Waals surface area (Å²) in [4.78, 5) is 17.6. The number of primary amides is 1. The maximum Gasteiger partial charge on any atom is 0.436 e. The van der Waals surface area contributed by atoms with Crippen LogP contribution in [0, 0.1) is 0 Å². The number of hydrogen-bond acceptors (Lipinski definition) is 4. The number of carbonyl (C=O) groups is 1. The van der Waals surface area contributed by atoms with Crippen LogP contribution < -0.4 is 11.9 Å². The smallest absolute Gasteiger partial charge is 0.344 e. The van der Waals surface area contributed by atoms with Gasteiger partial charge >= 0.3 is 6.09 Å². The van der Waals surface area contributed by atoms with E-state index in [1.807, 2.05) is 0 Å². The van der Waals surface area contributed by atoms with Crippen LogP contribution in [0.5, 0.6) is 0 Å². The van der Waals surface area contributed by atoms with Gasteiger partial charge in [-0.05, 0) is 6.92 Å². The highest BCUT2D eigenvalue weighted by atomic mass is 17.2. The number of hydrogen-bond donors (Lipinski definition) is 2. The average molecular weight is 122 g/mol. The van der Waals surface area contributed by atoms with Crippen molar-refractivity contribution >= 4 is 6.09 Å². The number of amides is 1. The van der Waals surface area contributed by atoms with Crippen molar-refractivity contribution in [2.75, 3.05) is 6.61 Å². The van der Waals surface area contributed by atoms with E-state index in [1.54, 1.807) is 6.92 Å². The molecule has 5 N–H and O–H groups in total. The number of nitrogens with two attached hydrogens (primary N) is 1. The minimum atomic E-state index is -0.915. The molecule has 0 saturated heterocycles. The van der Waals surface area contributed by atoms with Gasteiger partial charge in [0, 0.05) is 0 Å². The fourth-order valence-electron chi connectivity index (χ4n) is 0.117. The summed E-state index contributed by atoms with van der Waals surface area (Å²) in [5, 5.41) is 0. The highest BCUT2D eigenvalue weighted by Gasteiger charge is 1.87. The van der Waals surface area contributed by atoms with Gasteiger partial charge in [-0.15, -0.1) is 0 Å². The van der Waals surface area contributed by atoms with Crippen molar-refractivity contribution in [2.45, 2.75) is 6.92 Å².